The molecule has 126 valence electrons. The lowest BCUT2D eigenvalue weighted by Crippen LogP contribution is -2.12. The Labute approximate surface area is 154 Å². The van der Waals surface area contributed by atoms with E-state index in [4.69, 9.17) is 11.6 Å². The van der Waals surface area contributed by atoms with Crippen LogP contribution in [-0.4, -0.2) is 17.4 Å². The molecule has 3 rings (SSSR count). The molecule has 1 aromatic heterocycles. The van der Waals surface area contributed by atoms with Crippen LogP contribution in [0.15, 0.2) is 76.7 Å². The number of hydrogen-bond donors (Lipinski definition) is 0. The monoisotopic (exact) mass is 371 g/mol. The van der Waals surface area contributed by atoms with Crippen LogP contribution in [0.3, 0.4) is 0 Å². The highest BCUT2D eigenvalue weighted by Crippen LogP contribution is 2.23. The van der Waals surface area contributed by atoms with Gasteiger partial charge in [-0.1, -0.05) is 48.0 Å². The molecule has 0 aliphatic rings. The van der Waals surface area contributed by atoms with Gasteiger partial charge in [0.25, 0.3) is 0 Å². The van der Waals surface area contributed by atoms with Gasteiger partial charge in [-0.3, -0.25) is 4.99 Å². The number of rotatable bonds is 5. The lowest BCUT2D eigenvalue weighted by molar-refractivity contribution is 0.629. The number of thiazole rings is 1. The third-order valence-corrected chi connectivity index (χ3v) is 4.61. The van der Waals surface area contributed by atoms with Crippen LogP contribution in [0.25, 0.3) is 11.3 Å². The van der Waals surface area contributed by atoms with E-state index in [1.165, 1.54) is 17.4 Å². The van der Waals surface area contributed by atoms with E-state index in [-0.39, 0.29) is 5.82 Å². The topological polar surface area (TPSA) is 29.6 Å². The average Bonchev–Trinajstić information content (AvgIpc) is 3.02. The number of hydrogen-bond acceptors (Lipinski definition) is 3. The van der Waals surface area contributed by atoms with E-state index in [1.54, 1.807) is 41.2 Å². The third-order valence-electron chi connectivity index (χ3n) is 3.41. The summed E-state index contributed by atoms with van der Waals surface area (Å²) in [6.45, 7) is 4.13. The molecule has 0 atom stereocenters. The first-order valence-corrected chi connectivity index (χ1v) is 8.82. The van der Waals surface area contributed by atoms with E-state index >= 15 is 0 Å². The first-order chi connectivity index (χ1) is 12.2. The van der Waals surface area contributed by atoms with Crippen molar-refractivity contribution in [3.8, 4) is 11.3 Å². The van der Waals surface area contributed by atoms with Crippen LogP contribution < -0.4 is 4.80 Å². The normalized spacial score (nSPS) is 12.0. The summed E-state index contributed by atoms with van der Waals surface area (Å²) in [5.74, 6) is -0.308. The summed E-state index contributed by atoms with van der Waals surface area (Å²) >= 11 is 7.57. The molecule has 0 saturated carbocycles. The van der Waals surface area contributed by atoms with Gasteiger partial charge < -0.3 is 0 Å². The van der Waals surface area contributed by atoms with Crippen LogP contribution in [0.4, 0.5) is 4.39 Å². The lowest BCUT2D eigenvalue weighted by atomic mass is 10.1. The number of halogens is 2. The smallest absolute Gasteiger partial charge is 0.206 e. The van der Waals surface area contributed by atoms with Crippen molar-refractivity contribution in [3.05, 3.63) is 87.8 Å². The van der Waals surface area contributed by atoms with E-state index in [0.717, 1.165) is 5.56 Å². The summed E-state index contributed by atoms with van der Waals surface area (Å²) in [5, 5.41) is 6.92. The zero-order chi connectivity index (χ0) is 17.6. The Morgan fingerprint density at radius 1 is 1.16 bits per heavy atom. The van der Waals surface area contributed by atoms with Crippen molar-refractivity contribution in [2.24, 2.45) is 10.1 Å². The first-order valence-electron chi connectivity index (χ1n) is 7.56. The Hall–Kier alpha value is -2.50. The fourth-order valence-corrected chi connectivity index (χ4v) is 3.24. The van der Waals surface area contributed by atoms with Gasteiger partial charge in [0.1, 0.15) is 5.82 Å². The Balaban J connectivity index is 2.13. The van der Waals surface area contributed by atoms with Gasteiger partial charge in [0.2, 0.25) is 4.80 Å². The second-order valence-electron chi connectivity index (χ2n) is 5.09. The number of benzene rings is 2. The zero-order valence-corrected chi connectivity index (χ0v) is 14.8. The second-order valence-corrected chi connectivity index (χ2v) is 6.33. The van der Waals surface area contributed by atoms with E-state index in [9.17, 15) is 4.39 Å². The Morgan fingerprint density at radius 3 is 2.68 bits per heavy atom. The van der Waals surface area contributed by atoms with Crippen molar-refractivity contribution < 1.29 is 4.39 Å². The molecule has 25 heavy (non-hydrogen) atoms. The van der Waals surface area contributed by atoms with Crippen molar-refractivity contribution in [2.75, 3.05) is 6.54 Å². The van der Waals surface area contributed by atoms with Gasteiger partial charge in [-0.2, -0.15) is 5.10 Å². The molecule has 6 heteroatoms. The Morgan fingerprint density at radius 2 is 1.92 bits per heavy atom. The summed E-state index contributed by atoms with van der Waals surface area (Å²) < 4.78 is 15.8. The van der Waals surface area contributed by atoms with E-state index in [1.807, 2.05) is 23.6 Å². The predicted molar refractivity (Wildman–Crippen MR) is 103 cm³/mol. The fraction of sp³-hybridized carbons (Fsp3) is 0.0526. The van der Waals surface area contributed by atoms with Crippen LogP contribution in [-0.2, 0) is 0 Å². The fourth-order valence-electron chi connectivity index (χ4n) is 2.22. The maximum atomic E-state index is 14.2. The van der Waals surface area contributed by atoms with Gasteiger partial charge in [0, 0.05) is 21.5 Å². The highest BCUT2D eigenvalue weighted by molar-refractivity contribution is 7.07. The van der Waals surface area contributed by atoms with E-state index < -0.39 is 0 Å². The van der Waals surface area contributed by atoms with Gasteiger partial charge >= 0.3 is 0 Å². The molecule has 0 N–H and O–H groups in total. The molecule has 0 spiro atoms. The summed E-state index contributed by atoms with van der Waals surface area (Å²) in [6, 6.07) is 14.0. The molecule has 0 radical (unpaired) electrons. The van der Waals surface area contributed by atoms with Crippen LogP contribution in [0.1, 0.15) is 5.56 Å². The molecule has 2 aromatic carbocycles. The van der Waals surface area contributed by atoms with Gasteiger partial charge in [0.05, 0.1) is 18.5 Å². The SMILES string of the molecule is C=CCN=c1scc(-c2ccccc2F)n1N=Cc1ccccc1Cl. The van der Waals surface area contributed by atoms with Crippen molar-refractivity contribution in [2.45, 2.75) is 0 Å². The number of nitrogens with zero attached hydrogens (tertiary/aromatic N) is 3. The number of aromatic nitrogens is 1. The van der Waals surface area contributed by atoms with Gasteiger partial charge in [0.15, 0.2) is 0 Å². The van der Waals surface area contributed by atoms with Crippen LogP contribution in [0.2, 0.25) is 5.02 Å². The molecule has 0 fully saturated rings. The highest BCUT2D eigenvalue weighted by atomic mass is 35.5. The molecule has 3 aromatic rings. The van der Waals surface area contributed by atoms with Gasteiger partial charge in [-0.15, -0.1) is 17.9 Å². The minimum Gasteiger partial charge on any atom is -0.253 e. The Kier molecular flexibility index (Phi) is 5.58. The largest absolute Gasteiger partial charge is 0.253 e. The highest BCUT2D eigenvalue weighted by Gasteiger charge is 2.11. The van der Waals surface area contributed by atoms with Crippen molar-refractivity contribution in [1.82, 2.24) is 4.68 Å². The van der Waals surface area contributed by atoms with Crippen molar-refractivity contribution in [1.29, 1.82) is 0 Å². The minimum absolute atomic E-state index is 0.308. The molecule has 0 saturated heterocycles. The maximum absolute atomic E-state index is 14.2. The molecule has 0 unspecified atom stereocenters. The minimum atomic E-state index is -0.308. The van der Waals surface area contributed by atoms with Crippen LogP contribution >= 0.6 is 22.9 Å². The Bertz CT molecular complexity index is 988. The van der Waals surface area contributed by atoms with Crippen LogP contribution in [0, 0.1) is 5.82 Å². The quantitative estimate of drug-likeness (QED) is 0.447. The molecule has 0 aliphatic heterocycles. The molecule has 0 amide bonds. The van der Waals surface area contributed by atoms with Crippen LogP contribution in [0.5, 0.6) is 0 Å². The lowest BCUT2D eigenvalue weighted by Gasteiger charge is -2.05. The van der Waals surface area contributed by atoms with Crippen molar-refractivity contribution >= 4 is 29.2 Å². The second kappa shape index (κ2) is 8.05. The summed E-state index contributed by atoms with van der Waals surface area (Å²) in [4.78, 5) is 5.08. The van der Waals surface area contributed by atoms with Gasteiger partial charge in [-0.25, -0.2) is 9.07 Å². The van der Waals surface area contributed by atoms with Gasteiger partial charge in [-0.05, 0) is 18.2 Å². The molecule has 0 aliphatic carbocycles. The molecule has 3 nitrogen and oxygen atoms in total. The van der Waals surface area contributed by atoms with E-state index in [2.05, 4.69) is 16.7 Å². The molecule has 0 bridgehead atoms. The molecular weight excluding hydrogens is 357 g/mol. The molecule has 1 heterocycles. The van der Waals surface area contributed by atoms with E-state index in [0.29, 0.717) is 27.6 Å². The standard InChI is InChI=1S/C19H15ClFN3S/c1-2-11-22-19-24(23-12-14-7-3-5-9-16(14)20)18(13-25-19)15-8-4-6-10-17(15)21/h2-10,12-13H,1,11H2. The average molecular weight is 372 g/mol. The summed E-state index contributed by atoms with van der Waals surface area (Å²) in [6.07, 6.45) is 3.34. The first kappa shape index (κ1) is 17.3. The molecular formula is C19H15ClFN3S. The summed E-state index contributed by atoms with van der Waals surface area (Å²) in [5.41, 5.74) is 1.88. The third kappa shape index (κ3) is 3.95. The predicted octanol–water partition coefficient (Wildman–Crippen LogP) is 4.98. The summed E-state index contributed by atoms with van der Waals surface area (Å²) in [7, 11) is 0. The van der Waals surface area contributed by atoms with Crippen molar-refractivity contribution in [3.63, 3.8) is 0 Å². The maximum Gasteiger partial charge on any atom is 0.206 e. The zero-order valence-electron chi connectivity index (χ0n) is 13.3.